The Kier molecular flexibility index (Phi) is 4.95. The lowest BCUT2D eigenvalue weighted by Crippen LogP contribution is -2.61. The maximum absolute atomic E-state index is 9.98. The Morgan fingerprint density at radius 3 is 2.35 bits per heavy atom. The van der Waals surface area contributed by atoms with E-state index in [1.54, 1.807) is 7.11 Å². The predicted molar refractivity (Wildman–Crippen MR) is 74.2 cm³/mol. The van der Waals surface area contributed by atoms with Crippen LogP contribution in [0.15, 0.2) is 24.3 Å². The Balaban J connectivity index is 1.94. The standard InChI is InChI=1S/C14H22N2O4/c1-19-9-4-2-8(3-5-9)7-20-14-11(16)6-10(15)12(17)13(14)18/h2-5,10-14,17-18H,6-7,15-16H2,1H3/t10-,11?,12-,13?,14+/m1/s1. The zero-order valence-corrected chi connectivity index (χ0v) is 11.5. The molecule has 112 valence electrons. The number of aliphatic hydroxyl groups is 2. The van der Waals surface area contributed by atoms with Gasteiger partial charge >= 0.3 is 0 Å². The molecule has 5 atom stereocenters. The number of benzene rings is 1. The van der Waals surface area contributed by atoms with Gasteiger partial charge in [-0.05, 0) is 24.1 Å². The van der Waals surface area contributed by atoms with Gasteiger partial charge in [0.25, 0.3) is 0 Å². The highest BCUT2D eigenvalue weighted by atomic mass is 16.5. The second-order valence-electron chi connectivity index (χ2n) is 5.17. The molecule has 1 aliphatic rings. The molecule has 20 heavy (non-hydrogen) atoms. The fourth-order valence-corrected chi connectivity index (χ4v) is 2.43. The smallest absolute Gasteiger partial charge is 0.118 e. The summed E-state index contributed by atoms with van der Waals surface area (Å²) in [5, 5.41) is 19.8. The van der Waals surface area contributed by atoms with Crippen molar-refractivity contribution in [2.45, 2.75) is 43.4 Å². The minimum absolute atomic E-state index is 0.307. The van der Waals surface area contributed by atoms with E-state index < -0.39 is 24.4 Å². The number of nitrogens with two attached hydrogens (primary N) is 2. The summed E-state index contributed by atoms with van der Waals surface area (Å²) < 4.78 is 10.7. The van der Waals surface area contributed by atoms with Crippen molar-refractivity contribution in [3.63, 3.8) is 0 Å². The van der Waals surface area contributed by atoms with E-state index in [1.165, 1.54) is 0 Å². The SMILES string of the molecule is COc1ccc(CO[C@H]2C(N)C[C@@H](N)[C@@H](O)C2O)cc1. The summed E-state index contributed by atoms with van der Waals surface area (Å²) in [5.74, 6) is 0.768. The average Bonchev–Trinajstić information content (AvgIpc) is 2.45. The summed E-state index contributed by atoms with van der Waals surface area (Å²) in [4.78, 5) is 0. The van der Waals surface area contributed by atoms with E-state index in [0.29, 0.717) is 13.0 Å². The maximum atomic E-state index is 9.98. The van der Waals surface area contributed by atoms with Gasteiger partial charge in [0.2, 0.25) is 0 Å². The number of ether oxygens (including phenoxy) is 2. The molecule has 1 saturated carbocycles. The van der Waals surface area contributed by atoms with Gasteiger partial charge in [-0.3, -0.25) is 0 Å². The zero-order valence-electron chi connectivity index (χ0n) is 11.5. The molecule has 0 saturated heterocycles. The molecule has 6 nitrogen and oxygen atoms in total. The van der Waals surface area contributed by atoms with Gasteiger partial charge in [0.1, 0.15) is 18.0 Å². The molecule has 2 rings (SSSR count). The van der Waals surface area contributed by atoms with Gasteiger partial charge in [-0.1, -0.05) is 12.1 Å². The van der Waals surface area contributed by atoms with Gasteiger partial charge in [0, 0.05) is 12.1 Å². The quantitative estimate of drug-likeness (QED) is 0.584. The van der Waals surface area contributed by atoms with Gasteiger partial charge in [0.15, 0.2) is 0 Å². The minimum atomic E-state index is -1.06. The first-order chi connectivity index (χ1) is 9.52. The largest absolute Gasteiger partial charge is 0.497 e. The molecule has 6 N–H and O–H groups in total. The first-order valence-corrected chi connectivity index (χ1v) is 6.64. The van der Waals surface area contributed by atoms with E-state index in [4.69, 9.17) is 20.9 Å². The third-order valence-corrected chi connectivity index (χ3v) is 3.69. The normalized spacial score (nSPS) is 34.0. The van der Waals surface area contributed by atoms with Crippen LogP contribution in [-0.2, 0) is 11.3 Å². The van der Waals surface area contributed by atoms with Crippen LogP contribution < -0.4 is 16.2 Å². The highest BCUT2D eigenvalue weighted by Crippen LogP contribution is 2.22. The molecule has 6 heteroatoms. The third-order valence-electron chi connectivity index (χ3n) is 3.69. The van der Waals surface area contributed by atoms with E-state index in [9.17, 15) is 10.2 Å². The number of aliphatic hydroxyl groups excluding tert-OH is 2. The number of methoxy groups -OCH3 is 1. The van der Waals surface area contributed by atoms with Crippen molar-refractivity contribution in [1.82, 2.24) is 0 Å². The molecule has 1 aromatic carbocycles. The minimum Gasteiger partial charge on any atom is -0.497 e. The fourth-order valence-electron chi connectivity index (χ4n) is 2.43. The molecule has 0 heterocycles. The van der Waals surface area contributed by atoms with Crippen molar-refractivity contribution in [3.8, 4) is 5.75 Å². The second-order valence-corrected chi connectivity index (χ2v) is 5.17. The van der Waals surface area contributed by atoms with Crippen LogP contribution in [0.25, 0.3) is 0 Å². The van der Waals surface area contributed by atoms with Crippen molar-refractivity contribution >= 4 is 0 Å². The lowest BCUT2D eigenvalue weighted by molar-refractivity contribution is -0.131. The number of rotatable bonds is 4. The van der Waals surface area contributed by atoms with Gasteiger partial charge in [-0.2, -0.15) is 0 Å². The van der Waals surface area contributed by atoms with Crippen LogP contribution in [0.2, 0.25) is 0 Å². The van der Waals surface area contributed by atoms with Gasteiger partial charge in [-0.15, -0.1) is 0 Å². The Labute approximate surface area is 118 Å². The van der Waals surface area contributed by atoms with E-state index >= 15 is 0 Å². The molecular formula is C14H22N2O4. The Morgan fingerprint density at radius 1 is 1.10 bits per heavy atom. The summed E-state index contributed by atoms with van der Waals surface area (Å²) in [6.07, 6.45) is -2.26. The number of hydrogen-bond donors (Lipinski definition) is 4. The Bertz CT molecular complexity index is 426. The van der Waals surface area contributed by atoms with Crippen molar-refractivity contribution in [1.29, 1.82) is 0 Å². The van der Waals surface area contributed by atoms with E-state index in [0.717, 1.165) is 11.3 Å². The summed E-state index contributed by atoms with van der Waals surface area (Å²) in [7, 11) is 1.60. The van der Waals surface area contributed by atoms with Crippen molar-refractivity contribution in [2.24, 2.45) is 11.5 Å². The average molecular weight is 282 g/mol. The summed E-state index contributed by atoms with van der Waals surface area (Å²) in [6, 6.07) is 6.52. The van der Waals surface area contributed by atoms with Crippen LogP contribution in [-0.4, -0.2) is 47.7 Å². The highest BCUT2D eigenvalue weighted by Gasteiger charge is 2.41. The van der Waals surface area contributed by atoms with Crippen LogP contribution in [0.5, 0.6) is 5.75 Å². The molecule has 2 unspecified atom stereocenters. The molecule has 1 aromatic rings. The lowest BCUT2D eigenvalue weighted by atomic mass is 9.85. The van der Waals surface area contributed by atoms with Gasteiger partial charge in [0.05, 0.1) is 19.8 Å². The first-order valence-electron chi connectivity index (χ1n) is 6.64. The molecule has 1 fully saturated rings. The summed E-state index contributed by atoms with van der Waals surface area (Å²) in [6.45, 7) is 0.307. The van der Waals surface area contributed by atoms with Crippen LogP contribution in [0.4, 0.5) is 0 Å². The monoisotopic (exact) mass is 282 g/mol. The molecule has 0 bridgehead atoms. The fraction of sp³-hybridized carbons (Fsp3) is 0.571. The zero-order chi connectivity index (χ0) is 14.7. The topological polar surface area (TPSA) is 111 Å². The van der Waals surface area contributed by atoms with Crippen molar-refractivity contribution in [3.05, 3.63) is 29.8 Å². The molecule has 0 aromatic heterocycles. The number of hydrogen-bond acceptors (Lipinski definition) is 6. The molecule has 0 radical (unpaired) electrons. The molecule has 0 aliphatic heterocycles. The van der Waals surface area contributed by atoms with Crippen LogP contribution in [0.3, 0.4) is 0 Å². The van der Waals surface area contributed by atoms with E-state index in [-0.39, 0.29) is 6.04 Å². The van der Waals surface area contributed by atoms with Crippen LogP contribution >= 0.6 is 0 Å². The van der Waals surface area contributed by atoms with Gasteiger partial charge < -0.3 is 31.2 Å². The second kappa shape index (κ2) is 6.51. The summed E-state index contributed by atoms with van der Waals surface area (Å²) in [5.41, 5.74) is 12.6. The third kappa shape index (κ3) is 3.28. The lowest BCUT2D eigenvalue weighted by Gasteiger charge is -2.39. The molecule has 0 spiro atoms. The Hall–Kier alpha value is -1.18. The van der Waals surface area contributed by atoms with Crippen LogP contribution in [0.1, 0.15) is 12.0 Å². The van der Waals surface area contributed by atoms with Crippen molar-refractivity contribution in [2.75, 3.05) is 7.11 Å². The Morgan fingerprint density at radius 2 is 1.75 bits per heavy atom. The van der Waals surface area contributed by atoms with E-state index in [2.05, 4.69) is 0 Å². The van der Waals surface area contributed by atoms with Crippen LogP contribution in [0, 0.1) is 0 Å². The molecule has 1 aliphatic carbocycles. The van der Waals surface area contributed by atoms with E-state index in [1.807, 2.05) is 24.3 Å². The van der Waals surface area contributed by atoms with Crippen molar-refractivity contribution < 1.29 is 19.7 Å². The predicted octanol–water partition coefficient (Wildman–Crippen LogP) is -0.639. The first kappa shape index (κ1) is 15.2. The van der Waals surface area contributed by atoms with Gasteiger partial charge in [-0.25, -0.2) is 0 Å². The molecule has 0 amide bonds. The maximum Gasteiger partial charge on any atom is 0.118 e. The highest BCUT2D eigenvalue weighted by molar-refractivity contribution is 5.26. The molecular weight excluding hydrogens is 260 g/mol. The summed E-state index contributed by atoms with van der Waals surface area (Å²) >= 11 is 0.